The van der Waals surface area contributed by atoms with Gasteiger partial charge >= 0.3 is 0 Å². The second-order valence-electron chi connectivity index (χ2n) is 10.5. The number of aromatic amines is 2. The molecular weight excluding hydrogens is 599 g/mol. The number of aryl methyl sites for hydroxylation is 1. The van der Waals surface area contributed by atoms with Crippen molar-refractivity contribution in [2.75, 3.05) is 30.4 Å². The van der Waals surface area contributed by atoms with Crippen LogP contribution in [0.2, 0.25) is 0 Å². The Morgan fingerprint density at radius 2 is 1.96 bits per heavy atom. The average Bonchev–Trinajstić information content (AvgIpc) is 3.66. The van der Waals surface area contributed by atoms with E-state index < -0.39 is 15.7 Å². The maximum Gasteiger partial charge on any atom is 0.274 e. The number of carbonyl (C=O) groups excluding carboxylic acids is 1. The number of amides is 1. The first kappa shape index (κ1) is 31.6. The van der Waals surface area contributed by atoms with Crippen molar-refractivity contribution < 1.29 is 22.7 Å². The van der Waals surface area contributed by atoms with Gasteiger partial charge in [0.1, 0.15) is 27.0 Å². The summed E-state index contributed by atoms with van der Waals surface area (Å²) < 4.78 is 36.8. The third-order valence-corrected chi connectivity index (χ3v) is 8.37. The van der Waals surface area contributed by atoms with Gasteiger partial charge in [-0.1, -0.05) is 26.8 Å². The van der Waals surface area contributed by atoms with Gasteiger partial charge in [0.2, 0.25) is 0 Å². The van der Waals surface area contributed by atoms with Crippen molar-refractivity contribution in [3.05, 3.63) is 71.2 Å². The Labute approximate surface area is 260 Å². The largest absolute Gasteiger partial charge is 0.505 e. The molecule has 0 radical (unpaired) electrons. The van der Waals surface area contributed by atoms with Crippen LogP contribution in [0.4, 0.5) is 10.2 Å². The molecule has 0 spiro atoms. The van der Waals surface area contributed by atoms with Crippen LogP contribution in [-0.4, -0.2) is 79.6 Å². The second kappa shape index (κ2) is 13.0. The molecule has 0 fully saturated rings. The van der Waals surface area contributed by atoms with Crippen molar-refractivity contribution in [3.63, 3.8) is 0 Å². The third-order valence-electron chi connectivity index (χ3n) is 7.42. The van der Waals surface area contributed by atoms with Crippen LogP contribution in [0.5, 0.6) is 5.75 Å². The first-order chi connectivity index (χ1) is 21.6. The van der Waals surface area contributed by atoms with Gasteiger partial charge in [-0.25, -0.2) is 27.8 Å². The average molecular weight is 635 g/mol. The van der Waals surface area contributed by atoms with E-state index in [0.29, 0.717) is 48.8 Å². The van der Waals surface area contributed by atoms with Gasteiger partial charge in [-0.2, -0.15) is 5.10 Å². The molecule has 0 aliphatic carbocycles. The highest BCUT2D eigenvalue weighted by molar-refractivity contribution is 7.90. The van der Waals surface area contributed by atoms with E-state index in [1.807, 2.05) is 39.0 Å². The van der Waals surface area contributed by atoms with E-state index in [4.69, 9.17) is 4.98 Å². The Kier molecular flexibility index (Phi) is 9.14. The Morgan fingerprint density at radius 1 is 1.16 bits per heavy atom. The minimum atomic E-state index is -3.10. The van der Waals surface area contributed by atoms with Crippen molar-refractivity contribution in [2.24, 2.45) is 0 Å². The summed E-state index contributed by atoms with van der Waals surface area (Å²) in [4.78, 5) is 31.3. The van der Waals surface area contributed by atoms with Crippen LogP contribution in [-0.2, 0) is 29.2 Å². The number of rotatable bonds is 8. The number of H-pyrrole nitrogens is 2. The van der Waals surface area contributed by atoms with Gasteiger partial charge in [-0.3, -0.25) is 9.89 Å². The van der Waals surface area contributed by atoms with Crippen LogP contribution in [0.1, 0.15) is 48.2 Å². The zero-order valence-corrected chi connectivity index (χ0v) is 26.3. The molecule has 4 heterocycles. The number of benzene rings is 2. The molecule has 4 N–H and O–H groups in total. The topological polar surface area (TPSA) is 170 Å². The predicted octanol–water partition coefficient (Wildman–Crippen LogP) is 4.50. The Morgan fingerprint density at radius 3 is 2.67 bits per heavy atom. The zero-order chi connectivity index (χ0) is 32.3. The molecule has 45 heavy (non-hydrogen) atoms. The molecule has 0 unspecified atom stereocenters. The highest BCUT2D eigenvalue weighted by Crippen LogP contribution is 2.34. The van der Waals surface area contributed by atoms with Gasteiger partial charge in [0.15, 0.2) is 17.4 Å². The van der Waals surface area contributed by atoms with Gasteiger partial charge in [-0.15, -0.1) is 0 Å². The molecule has 236 valence electrons. The first-order valence-corrected chi connectivity index (χ1v) is 16.8. The lowest BCUT2D eigenvalue weighted by Gasteiger charge is -2.25. The maximum atomic E-state index is 14.2. The standard InChI is InChI=1S/C29H29FN8O4S.C2H6/c1-3-16-11-25(39)20(30)12-19(16)17-4-5-18-22(10-17)36-37-27(18)28-34-21-6-8-38(15-24(21)35-28)29(40)23-13-33-26(14-32-23)31-7-9-43(2,41)42;1-2/h4-5,10-14,39H,3,6-9,15H2,1-2H3,(H,31,33)(H,34,35)(H,36,37);1-2H3. The van der Waals surface area contributed by atoms with E-state index in [0.717, 1.165) is 39.7 Å². The van der Waals surface area contributed by atoms with Crippen molar-refractivity contribution in [1.82, 2.24) is 35.0 Å². The number of sulfone groups is 1. The quantitative estimate of drug-likeness (QED) is 0.192. The van der Waals surface area contributed by atoms with Crippen molar-refractivity contribution in [1.29, 1.82) is 0 Å². The highest BCUT2D eigenvalue weighted by atomic mass is 32.2. The SMILES string of the molecule is CC.CCc1cc(O)c(F)cc1-c1ccc2c(-c3nc4c([nH]3)CN(C(=O)c3cnc(NCCS(C)(=O)=O)cn3)CC4)n[nH]c2c1. The summed E-state index contributed by atoms with van der Waals surface area (Å²) in [6, 6.07) is 8.50. The molecule has 0 saturated heterocycles. The van der Waals surface area contributed by atoms with E-state index in [1.165, 1.54) is 24.5 Å². The summed E-state index contributed by atoms with van der Waals surface area (Å²) >= 11 is 0. The molecular formula is C31H35FN8O4S. The highest BCUT2D eigenvalue weighted by Gasteiger charge is 2.27. The molecule has 0 atom stereocenters. The normalized spacial score (nSPS) is 12.9. The van der Waals surface area contributed by atoms with E-state index in [-0.39, 0.29) is 29.6 Å². The van der Waals surface area contributed by atoms with E-state index in [2.05, 4.69) is 30.5 Å². The van der Waals surface area contributed by atoms with Crippen molar-refractivity contribution >= 4 is 32.5 Å². The summed E-state index contributed by atoms with van der Waals surface area (Å²) in [6.45, 7) is 6.92. The van der Waals surface area contributed by atoms with Crippen molar-refractivity contribution in [3.8, 4) is 28.4 Å². The fourth-order valence-electron chi connectivity index (χ4n) is 5.17. The molecule has 1 aliphatic rings. The zero-order valence-electron chi connectivity index (χ0n) is 25.5. The number of nitrogens with one attached hydrogen (secondary N) is 3. The minimum Gasteiger partial charge on any atom is -0.505 e. The van der Waals surface area contributed by atoms with Crippen LogP contribution in [0.15, 0.2) is 42.7 Å². The van der Waals surface area contributed by atoms with Crippen LogP contribution in [0.3, 0.4) is 0 Å². The van der Waals surface area contributed by atoms with Crippen LogP contribution < -0.4 is 5.32 Å². The number of aromatic nitrogens is 6. The lowest BCUT2D eigenvalue weighted by Crippen LogP contribution is -2.36. The Hall–Kier alpha value is -4.85. The summed E-state index contributed by atoms with van der Waals surface area (Å²) in [5.74, 6) is -0.379. The minimum absolute atomic E-state index is 0.0341. The maximum absolute atomic E-state index is 14.2. The molecule has 3 aromatic heterocycles. The Balaban J connectivity index is 0.00000196. The van der Waals surface area contributed by atoms with Gasteiger partial charge in [-0.05, 0) is 47.4 Å². The number of anilines is 1. The van der Waals surface area contributed by atoms with Gasteiger partial charge in [0.05, 0.1) is 41.6 Å². The molecule has 12 nitrogen and oxygen atoms in total. The smallest absolute Gasteiger partial charge is 0.274 e. The fourth-order valence-corrected chi connectivity index (χ4v) is 5.64. The van der Waals surface area contributed by atoms with Gasteiger partial charge < -0.3 is 20.3 Å². The van der Waals surface area contributed by atoms with Gasteiger partial charge in [0, 0.05) is 31.2 Å². The molecule has 6 rings (SSSR count). The third kappa shape index (κ3) is 6.80. The number of hydrogen-bond donors (Lipinski definition) is 4. The number of imidazole rings is 1. The van der Waals surface area contributed by atoms with Crippen LogP contribution >= 0.6 is 0 Å². The summed E-state index contributed by atoms with van der Waals surface area (Å²) in [6.07, 6.45) is 5.13. The molecule has 1 amide bonds. The molecule has 0 bridgehead atoms. The monoisotopic (exact) mass is 634 g/mol. The van der Waals surface area contributed by atoms with E-state index in [9.17, 15) is 22.7 Å². The number of aromatic hydroxyl groups is 1. The van der Waals surface area contributed by atoms with Crippen LogP contribution in [0.25, 0.3) is 33.5 Å². The number of phenols is 1. The summed E-state index contributed by atoms with van der Waals surface area (Å²) in [5, 5.41) is 21.0. The first-order valence-electron chi connectivity index (χ1n) is 14.7. The number of fused-ring (bicyclic) bond motifs is 2. The number of carbonyl (C=O) groups is 1. The molecule has 1 aliphatic heterocycles. The van der Waals surface area contributed by atoms with E-state index in [1.54, 1.807) is 4.90 Å². The predicted molar refractivity (Wildman–Crippen MR) is 170 cm³/mol. The number of nitrogens with zero attached hydrogens (tertiary/aromatic N) is 5. The van der Waals surface area contributed by atoms with Crippen LogP contribution in [0, 0.1) is 5.82 Å². The lowest BCUT2D eigenvalue weighted by atomic mass is 9.96. The van der Waals surface area contributed by atoms with Crippen molar-refractivity contribution in [2.45, 2.75) is 40.2 Å². The lowest BCUT2D eigenvalue weighted by molar-refractivity contribution is 0.0725. The number of phenolic OH excluding ortho intramolecular Hbond substituents is 1. The molecule has 5 aromatic rings. The van der Waals surface area contributed by atoms with E-state index >= 15 is 0 Å². The molecule has 14 heteroatoms. The second-order valence-corrected chi connectivity index (χ2v) is 12.7. The molecule has 2 aromatic carbocycles. The summed E-state index contributed by atoms with van der Waals surface area (Å²) in [5.41, 5.74) is 5.57. The Bertz CT molecular complexity index is 1950. The number of hydrogen-bond acceptors (Lipinski definition) is 9. The fraction of sp³-hybridized carbons (Fsp3) is 0.323. The molecule has 0 saturated carbocycles. The summed E-state index contributed by atoms with van der Waals surface area (Å²) in [7, 11) is -3.10. The van der Waals surface area contributed by atoms with Gasteiger partial charge in [0.25, 0.3) is 5.91 Å². The number of halogens is 1.